The second kappa shape index (κ2) is 8.39. The SMILES string of the molecule is C[C@]1(CCc2ccc(OC(=O)c3ccccc3SC(F)(F)F)cc2)NC(=O)NC1=O. The van der Waals surface area contributed by atoms with Gasteiger partial charge in [-0.15, -0.1) is 0 Å². The average molecular weight is 438 g/mol. The van der Waals surface area contributed by atoms with Crippen LogP contribution in [0.4, 0.5) is 18.0 Å². The van der Waals surface area contributed by atoms with Gasteiger partial charge in [0.1, 0.15) is 11.3 Å². The molecule has 0 aromatic heterocycles. The van der Waals surface area contributed by atoms with Crippen LogP contribution in [0.1, 0.15) is 29.3 Å². The Morgan fingerprint density at radius 2 is 1.77 bits per heavy atom. The van der Waals surface area contributed by atoms with Crippen molar-refractivity contribution >= 4 is 29.7 Å². The predicted molar refractivity (Wildman–Crippen MR) is 103 cm³/mol. The summed E-state index contributed by atoms with van der Waals surface area (Å²) in [7, 11) is 0. The average Bonchev–Trinajstić information content (AvgIpc) is 2.92. The zero-order valence-corrected chi connectivity index (χ0v) is 16.5. The fourth-order valence-corrected chi connectivity index (χ4v) is 3.54. The summed E-state index contributed by atoms with van der Waals surface area (Å²) in [6.07, 6.45) is 0.842. The Bertz CT molecular complexity index is 979. The first-order valence-corrected chi connectivity index (χ1v) is 9.67. The van der Waals surface area contributed by atoms with E-state index in [2.05, 4.69) is 10.6 Å². The summed E-state index contributed by atoms with van der Waals surface area (Å²) in [5, 5.41) is 4.77. The van der Waals surface area contributed by atoms with Crippen molar-refractivity contribution in [2.75, 3.05) is 0 Å². The molecule has 0 aliphatic carbocycles. The van der Waals surface area contributed by atoms with Gasteiger partial charge in [-0.1, -0.05) is 24.3 Å². The summed E-state index contributed by atoms with van der Waals surface area (Å²) in [6.45, 7) is 1.62. The van der Waals surface area contributed by atoms with Crippen molar-refractivity contribution in [2.45, 2.75) is 35.7 Å². The van der Waals surface area contributed by atoms with E-state index in [0.29, 0.717) is 12.8 Å². The van der Waals surface area contributed by atoms with E-state index in [-0.39, 0.29) is 28.0 Å². The second-order valence-electron chi connectivity index (χ2n) is 6.82. The molecule has 1 atom stereocenters. The van der Waals surface area contributed by atoms with Crippen LogP contribution in [0.25, 0.3) is 0 Å². The largest absolute Gasteiger partial charge is 0.446 e. The summed E-state index contributed by atoms with van der Waals surface area (Å²) in [5.41, 5.74) is -4.87. The quantitative estimate of drug-likeness (QED) is 0.308. The molecule has 2 N–H and O–H groups in total. The summed E-state index contributed by atoms with van der Waals surface area (Å²) in [5.74, 6) is -1.12. The van der Waals surface area contributed by atoms with Crippen molar-refractivity contribution in [3.8, 4) is 5.75 Å². The molecule has 158 valence electrons. The molecule has 0 radical (unpaired) electrons. The lowest BCUT2D eigenvalue weighted by molar-refractivity contribution is -0.123. The van der Waals surface area contributed by atoms with Crippen LogP contribution < -0.4 is 15.4 Å². The number of benzene rings is 2. The first-order valence-electron chi connectivity index (χ1n) is 8.85. The van der Waals surface area contributed by atoms with Crippen molar-refractivity contribution in [1.29, 1.82) is 0 Å². The van der Waals surface area contributed by atoms with E-state index >= 15 is 0 Å². The van der Waals surface area contributed by atoms with Crippen molar-refractivity contribution in [3.05, 3.63) is 59.7 Å². The predicted octanol–water partition coefficient (Wildman–Crippen LogP) is 4.05. The third-order valence-corrected chi connectivity index (χ3v) is 5.31. The van der Waals surface area contributed by atoms with Crippen molar-refractivity contribution < 1.29 is 32.3 Å². The van der Waals surface area contributed by atoms with E-state index in [1.165, 1.54) is 36.4 Å². The number of halogens is 3. The zero-order valence-electron chi connectivity index (χ0n) is 15.7. The first-order chi connectivity index (χ1) is 14.1. The van der Waals surface area contributed by atoms with Crippen LogP contribution >= 0.6 is 11.8 Å². The van der Waals surface area contributed by atoms with Gasteiger partial charge in [-0.05, 0) is 61.4 Å². The Morgan fingerprint density at radius 3 is 2.37 bits per heavy atom. The molecular weight excluding hydrogens is 421 g/mol. The van der Waals surface area contributed by atoms with Gasteiger partial charge >= 0.3 is 17.5 Å². The number of nitrogens with one attached hydrogen (secondary N) is 2. The van der Waals surface area contributed by atoms with E-state index in [1.807, 2.05) is 0 Å². The van der Waals surface area contributed by atoms with Gasteiger partial charge in [-0.3, -0.25) is 10.1 Å². The summed E-state index contributed by atoms with van der Waals surface area (Å²) in [6, 6.07) is 11.2. The van der Waals surface area contributed by atoms with Crippen molar-refractivity contribution in [2.24, 2.45) is 0 Å². The van der Waals surface area contributed by atoms with Gasteiger partial charge in [-0.25, -0.2) is 9.59 Å². The Labute approximate surface area is 174 Å². The van der Waals surface area contributed by atoms with Crippen molar-refractivity contribution in [1.82, 2.24) is 10.6 Å². The molecule has 0 unspecified atom stereocenters. The topological polar surface area (TPSA) is 84.5 Å². The Balaban J connectivity index is 1.63. The molecule has 0 saturated carbocycles. The van der Waals surface area contributed by atoms with Gasteiger partial charge in [0.25, 0.3) is 5.91 Å². The Hall–Kier alpha value is -3.01. The maximum Gasteiger partial charge on any atom is 0.446 e. The molecule has 1 aliphatic rings. The van der Waals surface area contributed by atoms with E-state index in [4.69, 9.17) is 4.74 Å². The number of thioether (sulfide) groups is 1. The van der Waals surface area contributed by atoms with E-state index in [1.54, 1.807) is 19.1 Å². The number of carbonyl (C=O) groups is 3. The minimum atomic E-state index is -4.52. The van der Waals surface area contributed by atoms with Gasteiger partial charge in [0.15, 0.2) is 0 Å². The lowest BCUT2D eigenvalue weighted by Gasteiger charge is -2.20. The number of imide groups is 1. The number of alkyl halides is 3. The molecule has 3 amide bonds. The molecule has 2 aromatic rings. The van der Waals surface area contributed by atoms with Gasteiger partial charge in [0.2, 0.25) is 0 Å². The number of aryl methyl sites for hydroxylation is 1. The van der Waals surface area contributed by atoms with Gasteiger partial charge in [0, 0.05) is 4.90 Å². The fraction of sp³-hybridized carbons (Fsp3) is 0.250. The lowest BCUT2D eigenvalue weighted by Crippen LogP contribution is -2.43. The highest BCUT2D eigenvalue weighted by atomic mass is 32.2. The molecule has 30 heavy (non-hydrogen) atoms. The smallest absolute Gasteiger partial charge is 0.423 e. The summed E-state index contributed by atoms with van der Waals surface area (Å²) in [4.78, 5) is 35.2. The maximum absolute atomic E-state index is 12.7. The van der Waals surface area contributed by atoms with Crippen molar-refractivity contribution in [3.63, 3.8) is 0 Å². The maximum atomic E-state index is 12.7. The molecule has 1 fully saturated rings. The van der Waals surface area contributed by atoms with E-state index < -0.39 is 29.0 Å². The van der Waals surface area contributed by atoms with Gasteiger partial charge < -0.3 is 10.1 Å². The Kier molecular flexibility index (Phi) is 6.06. The molecule has 3 rings (SSSR count). The van der Waals surface area contributed by atoms with Gasteiger partial charge in [-0.2, -0.15) is 13.2 Å². The van der Waals surface area contributed by atoms with Crippen LogP contribution in [0.5, 0.6) is 5.75 Å². The van der Waals surface area contributed by atoms with Gasteiger partial charge in [0.05, 0.1) is 5.56 Å². The number of ether oxygens (including phenoxy) is 1. The van der Waals surface area contributed by atoms with Crippen LogP contribution in [-0.4, -0.2) is 29.0 Å². The monoisotopic (exact) mass is 438 g/mol. The third-order valence-electron chi connectivity index (χ3n) is 4.50. The van der Waals surface area contributed by atoms with E-state index in [0.717, 1.165) is 5.56 Å². The molecule has 0 spiro atoms. The molecule has 1 aliphatic heterocycles. The summed E-state index contributed by atoms with van der Waals surface area (Å²) >= 11 is -0.376. The normalized spacial score (nSPS) is 18.7. The van der Waals surface area contributed by atoms with Crippen LogP contribution in [0.2, 0.25) is 0 Å². The van der Waals surface area contributed by atoms with Crippen LogP contribution in [0.15, 0.2) is 53.4 Å². The number of esters is 1. The first kappa shape index (κ1) is 21.7. The minimum Gasteiger partial charge on any atom is -0.423 e. The van der Waals surface area contributed by atoms with Crippen LogP contribution in [0, 0.1) is 0 Å². The Morgan fingerprint density at radius 1 is 1.10 bits per heavy atom. The molecule has 6 nitrogen and oxygen atoms in total. The molecule has 10 heteroatoms. The number of hydrogen-bond acceptors (Lipinski definition) is 5. The molecule has 1 heterocycles. The second-order valence-corrected chi connectivity index (χ2v) is 7.92. The number of amides is 3. The summed E-state index contributed by atoms with van der Waals surface area (Å²) < 4.78 is 43.2. The number of urea groups is 1. The minimum absolute atomic E-state index is 0.175. The molecule has 0 bridgehead atoms. The molecule has 1 saturated heterocycles. The highest BCUT2D eigenvalue weighted by Gasteiger charge is 2.41. The van der Waals surface area contributed by atoms with Crippen LogP contribution in [-0.2, 0) is 11.2 Å². The number of carbonyl (C=O) groups excluding carboxylic acids is 3. The third kappa shape index (κ3) is 5.32. The number of hydrogen-bond donors (Lipinski definition) is 2. The molecular formula is C20H17F3N2O4S. The fourth-order valence-electron chi connectivity index (χ4n) is 2.89. The standard InChI is InChI=1S/C20H17F3N2O4S/c1-19(17(27)24-18(28)25-19)11-10-12-6-8-13(9-7-12)29-16(26)14-4-2-3-5-15(14)30-20(21,22)23/h2-9H,10-11H2,1H3,(H2,24,25,27,28)/t19-/m1/s1. The van der Waals surface area contributed by atoms with E-state index in [9.17, 15) is 27.6 Å². The lowest BCUT2D eigenvalue weighted by atomic mass is 9.93. The zero-order chi connectivity index (χ0) is 21.9. The molecule has 2 aromatic carbocycles. The van der Waals surface area contributed by atoms with Crippen LogP contribution in [0.3, 0.4) is 0 Å². The highest BCUT2D eigenvalue weighted by molar-refractivity contribution is 8.00. The number of rotatable bonds is 6. The highest BCUT2D eigenvalue weighted by Crippen LogP contribution is 2.38.